The molecule has 0 aromatic carbocycles. The number of carbonyl (C=O) groups excluding carboxylic acids is 2. The third kappa shape index (κ3) is 5.64. The number of nitrogens with one attached hydrogen (secondary N) is 1. The normalized spacial score (nSPS) is 8.55. The molecule has 0 heterocycles. The number of hydrogen-bond acceptors (Lipinski definition) is 3. The summed E-state index contributed by atoms with van der Waals surface area (Å²) in [6.45, 7) is 0. The lowest BCUT2D eigenvalue weighted by Crippen LogP contribution is -2.06. The first-order valence-electron chi connectivity index (χ1n) is 3.30. The summed E-state index contributed by atoms with van der Waals surface area (Å²) in [6, 6.07) is 0. The second kappa shape index (κ2) is 5.96. The lowest BCUT2D eigenvalue weighted by molar-refractivity contribution is -0.111. The second-order valence-electron chi connectivity index (χ2n) is 2.04. The van der Waals surface area contributed by atoms with Crippen molar-refractivity contribution in [2.45, 2.75) is 19.3 Å². The molecular weight excluding hydrogens is 166 g/mol. The minimum absolute atomic E-state index is 0.300. The van der Waals surface area contributed by atoms with Gasteiger partial charge in [0.25, 0.3) is 0 Å². The van der Waals surface area contributed by atoms with Crippen LogP contribution in [0.15, 0.2) is 5.70 Å². The van der Waals surface area contributed by atoms with Gasteiger partial charge < -0.3 is 5.32 Å². The van der Waals surface area contributed by atoms with Crippen LogP contribution >= 0.6 is 11.6 Å². The number of hydrogen-bond donors (Lipinski definition) is 1. The summed E-state index contributed by atoms with van der Waals surface area (Å²) in [7, 11) is 1.64. The summed E-state index contributed by atoms with van der Waals surface area (Å²) >= 11 is 5.08. The van der Waals surface area contributed by atoms with Crippen LogP contribution in [-0.4, -0.2) is 18.2 Å². The van der Waals surface area contributed by atoms with E-state index in [1.165, 1.54) is 0 Å². The van der Waals surface area contributed by atoms with Crippen LogP contribution in [0.5, 0.6) is 0 Å². The Labute approximate surface area is 70.4 Å². The van der Waals surface area contributed by atoms with Gasteiger partial charge in [-0.25, -0.2) is 4.79 Å². The predicted molar refractivity (Wildman–Crippen MR) is 43.0 cm³/mol. The molecule has 0 atom stereocenters. The van der Waals surface area contributed by atoms with Crippen LogP contribution in [0.25, 0.3) is 0 Å². The molecule has 0 amide bonds. The maximum atomic E-state index is 10.2. The van der Waals surface area contributed by atoms with Crippen molar-refractivity contribution in [1.82, 2.24) is 5.32 Å². The van der Waals surface area contributed by atoms with Crippen LogP contribution in [0.1, 0.15) is 19.3 Å². The number of halogens is 1. The molecule has 62 valence electrons. The number of rotatable bonds is 5. The smallest absolute Gasteiger partial charge is 0.221 e. The summed E-state index contributed by atoms with van der Waals surface area (Å²) in [4.78, 5) is 20.3. The minimum atomic E-state index is -0.369. The highest BCUT2D eigenvalue weighted by atomic mass is 35.5. The van der Waals surface area contributed by atoms with Crippen molar-refractivity contribution < 1.29 is 9.59 Å². The van der Waals surface area contributed by atoms with Gasteiger partial charge in [0.05, 0.1) is 5.70 Å². The van der Waals surface area contributed by atoms with Gasteiger partial charge >= 0.3 is 0 Å². The van der Waals surface area contributed by atoms with Gasteiger partial charge in [0.15, 0.2) is 0 Å². The van der Waals surface area contributed by atoms with Crippen LogP contribution in [0.3, 0.4) is 0 Å². The van der Waals surface area contributed by atoms with Gasteiger partial charge in [0, 0.05) is 13.5 Å². The molecule has 0 saturated carbocycles. The zero-order valence-electron chi connectivity index (χ0n) is 6.32. The second-order valence-corrected chi connectivity index (χ2v) is 2.46. The third-order valence-electron chi connectivity index (χ3n) is 1.23. The summed E-state index contributed by atoms with van der Waals surface area (Å²) < 4.78 is 0. The molecule has 0 aliphatic carbocycles. The maximum absolute atomic E-state index is 10.2. The molecule has 0 fully saturated rings. The fraction of sp³-hybridized carbons (Fsp3) is 0.571. The van der Waals surface area contributed by atoms with Crippen LogP contribution < -0.4 is 5.32 Å². The van der Waals surface area contributed by atoms with E-state index >= 15 is 0 Å². The van der Waals surface area contributed by atoms with Gasteiger partial charge in [-0.2, -0.15) is 0 Å². The Morgan fingerprint density at radius 2 is 2.18 bits per heavy atom. The molecule has 0 aromatic rings. The molecule has 11 heavy (non-hydrogen) atoms. The fourth-order valence-corrected chi connectivity index (χ4v) is 0.765. The average Bonchev–Trinajstić information content (AvgIpc) is 1.98. The molecule has 0 aliphatic rings. The summed E-state index contributed by atoms with van der Waals surface area (Å²) in [5.74, 6) is 1.73. The quantitative estimate of drug-likeness (QED) is 0.498. The molecule has 0 bridgehead atoms. The summed E-state index contributed by atoms with van der Waals surface area (Å²) in [6.07, 6.45) is 1.42. The van der Waals surface area contributed by atoms with Crippen molar-refractivity contribution in [3.8, 4) is 0 Å². The number of carbonyl (C=O) groups is 1. The SMILES string of the molecule is CNC(=C=O)CCCC(=O)Cl. The number of allylic oxidation sites excluding steroid dienone is 1. The zero-order valence-corrected chi connectivity index (χ0v) is 7.07. The first-order valence-corrected chi connectivity index (χ1v) is 3.68. The zero-order chi connectivity index (χ0) is 8.69. The van der Waals surface area contributed by atoms with Crippen molar-refractivity contribution in [1.29, 1.82) is 0 Å². The highest BCUT2D eigenvalue weighted by molar-refractivity contribution is 6.63. The lowest BCUT2D eigenvalue weighted by atomic mass is 10.2. The van der Waals surface area contributed by atoms with Crippen LogP contribution in [0.2, 0.25) is 0 Å². The van der Waals surface area contributed by atoms with E-state index in [0.717, 1.165) is 0 Å². The molecule has 0 unspecified atom stereocenters. The fourth-order valence-electron chi connectivity index (χ4n) is 0.631. The Balaban J connectivity index is 3.53. The van der Waals surface area contributed by atoms with Gasteiger partial charge in [-0.1, -0.05) is 0 Å². The molecule has 0 aromatic heterocycles. The minimum Gasteiger partial charge on any atom is -0.383 e. The van der Waals surface area contributed by atoms with Gasteiger partial charge in [0.1, 0.15) is 5.94 Å². The summed E-state index contributed by atoms with van der Waals surface area (Å²) in [5.41, 5.74) is 0.475. The van der Waals surface area contributed by atoms with Crippen LogP contribution in [0.4, 0.5) is 0 Å². The van der Waals surface area contributed by atoms with Crippen molar-refractivity contribution in [3.05, 3.63) is 5.70 Å². The van der Waals surface area contributed by atoms with Crippen LogP contribution in [0, 0.1) is 0 Å². The third-order valence-corrected chi connectivity index (χ3v) is 1.41. The molecule has 1 N–H and O–H groups in total. The molecule has 4 heteroatoms. The van der Waals surface area contributed by atoms with E-state index < -0.39 is 0 Å². The first-order chi connectivity index (χ1) is 5.20. The lowest BCUT2D eigenvalue weighted by Gasteiger charge is -1.98. The Hall–Kier alpha value is -0.790. The Morgan fingerprint density at radius 3 is 2.55 bits per heavy atom. The van der Waals surface area contributed by atoms with Crippen molar-refractivity contribution in [2.75, 3.05) is 7.05 Å². The van der Waals surface area contributed by atoms with E-state index in [9.17, 15) is 9.59 Å². The highest BCUT2D eigenvalue weighted by Gasteiger charge is 1.98. The predicted octanol–water partition coefficient (Wildman–Crippen LogP) is 0.857. The standard InChI is InChI=1S/C7H10ClNO2/c1-9-6(5-10)3-2-4-7(8)11/h9H,2-4H2,1H3. The Bertz CT molecular complexity index is 185. The van der Waals surface area contributed by atoms with Gasteiger partial charge in [-0.05, 0) is 24.4 Å². The monoisotopic (exact) mass is 175 g/mol. The molecule has 0 aliphatic heterocycles. The van der Waals surface area contributed by atoms with Crippen molar-refractivity contribution in [3.63, 3.8) is 0 Å². The van der Waals surface area contributed by atoms with E-state index in [1.807, 2.05) is 0 Å². The van der Waals surface area contributed by atoms with Gasteiger partial charge in [0.2, 0.25) is 5.24 Å². The van der Waals surface area contributed by atoms with Crippen molar-refractivity contribution >= 4 is 22.8 Å². The molecule has 0 rings (SSSR count). The van der Waals surface area contributed by atoms with Crippen LogP contribution in [-0.2, 0) is 9.59 Å². The Kier molecular flexibility index (Phi) is 5.53. The average molecular weight is 176 g/mol. The highest BCUT2D eigenvalue weighted by Crippen LogP contribution is 2.02. The maximum Gasteiger partial charge on any atom is 0.221 e. The molecule has 0 spiro atoms. The molecular formula is C7H10ClNO2. The van der Waals surface area contributed by atoms with Gasteiger partial charge in [-0.15, -0.1) is 0 Å². The van der Waals surface area contributed by atoms with E-state index in [2.05, 4.69) is 5.32 Å². The van der Waals surface area contributed by atoms with E-state index in [0.29, 0.717) is 25.0 Å². The topological polar surface area (TPSA) is 46.2 Å². The largest absolute Gasteiger partial charge is 0.383 e. The van der Waals surface area contributed by atoms with E-state index in [4.69, 9.17) is 11.6 Å². The van der Waals surface area contributed by atoms with Gasteiger partial charge in [-0.3, -0.25) is 4.79 Å². The molecule has 0 saturated heterocycles. The van der Waals surface area contributed by atoms with E-state index in [1.54, 1.807) is 13.0 Å². The molecule has 0 radical (unpaired) electrons. The van der Waals surface area contributed by atoms with E-state index in [-0.39, 0.29) is 5.24 Å². The van der Waals surface area contributed by atoms with Crippen molar-refractivity contribution in [2.24, 2.45) is 0 Å². The first kappa shape index (κ1) is 10.2. The Morgan fingerprint density at radius 1 is 1.55 bits per heavy atom. The molecule has 3 nitrogen and oxygen atoms in total. The summed E-state index contributed by atoms with van der Waals surface area (Å²) in [5, 5.41) is 2.30.